The first-order valence-electron chi connectivity index (χ1n) is 19.1. The monoisotopic (exact) mass is 748 g/mol. The summed E-state index contributed by atoms with van der Waals surface area (Å²) in [5.74, 6) is 3.51. The zero-order valence-corrected chi connectivity index (χ0v) is 33.2. The molecule has 0 amide bonds. The maximum atomic E-state index is 7.66. The predicted octanol–water partition coefficient (Wildman–Crippen LogP) is 8.52. The number of fused-ring (bicyclic) bond motifs is 2. The molecule has 9 rings (SSSR count). The second kappa shape index (κ2) is 14.6. The average Bonchev–Trinajstić information content (AvgIpc) is 3.21. The number of aryl methyl sites for hydroxylation is 2. The second-order valence-electron chi connectivity index (χ2n) is 14.9. The van der Waals surface area contributed by atoms with Gasteiger partial charge in [-0.05, 0) is 112 Å². The van der Waals surface area contributed by atoms with E-state index in [9.17, 15) is 0 Å². The molecule has 6 aromatic rings. The number of ether oxygens (including phenoxy) is 4. The molecule has 1 saturated carbocycles. The zero-order valence-electron chi connectivity index (χ0n) is 31.4. The van der Waals surface area contributed by atoms with Crippen LogP contribution >= 0.6 is 15.8 Å². The molecule has 4 nitrogen and oxygen atoms in total. The summed E-state index contributed by atoms with van der Waals surface area (Å²) >= 11 is 0. The molecule has 0 radical (unpaired) electrons. The van der Waals surface area contributed by atoms with Gasteiger partial charge in [-0.3, -0.25) is 0 Å². The lowest BCUT2D eigenvalue weighted by atomic mass is 9.68. The van der Waals surface area contributed by atoms with Crippen LogP contribution < -0.4 is 50.8 Å². The Kier molecular flexibility index (Phi) is 9.46. The van der Waals surface area contributed by atoms with Crippen LogP contribution in [0.15, 0.2) is 133 Å². The maximum absolute atomic E-state index is 7.66. The molecule has 6 heteroatoms. The summed E-state index contributed by atoms with van der Waals surface area (Å²) in [5, 5.41) is 7.64. The Morgan fingerprint density at radius 2 is 0.870 bits per heavy atom. The van der Waals surface area contributed by atoms with Crippen LogP contribution in [0.2, 0.25) is 0 Å². The topological polar surface area (TPSA) is 36.9 Å². The van der Waals surface area contributed by atoms with Crippen molar-refractivity contribution in [3.05, 3.63) is 156 Å². The SMILES string of the molecule is COc1ccc(P(c2ccc(OC)cc2)c2cccc3c2O[C@]24Oc5c(cccc5P(c5ccc(C)cc5)c5ccc(C)cc5)C[C@H]2CCC[C@@H]4C3)cc1. The van der Waals surface area contributed by atoms with Crippen LogP contribution in [-0.4, -0.2) is 20.0 Å². The first kappa shape index (κ1) is 35.1. The molecule has 3 aliphatic rings. The fourth-order valence-electron chi connectivity index (χ4n) is 8.80. The summed E-state index contributed by atoms with van der Waals surface area (Å²) < 4.78 is 26.5. The van der Waals surface area contributed by atoms with Crippen LogP contribution in [0.25, 0.3) is 0 Å². The standard InChI is InChI=1S/C48H46O4P2/c1-32-14-22-40(23-15-32)53(41-24-16-33(2)17-25-41)44-12-5-8-34-30-36-10-7-11-37-31-35-9-6-13-45(47(35)52-48(36,37)51-46(34)44)54(42-26-18-38(49-3)19-27-42)43-28-20-39(50-4)21-29-43/h5-6,8-9,12-29,36-37H,7,10-11,30-31H2,1-4H3/t36-,37-,48-/m1/s1. The van der Waals surface area contributed by atoms with Crippen LogP contribution in [0.4, 0.5) is 0 Å². The van der Waals surface area contributed by atoms with E-state index in [1.165, 1.54) is 60.5 Å². The van der Waals surface area contributed by atoms with Crippen LogP contribution in [0.3, 0.4) is 0 Å². The lowest BCUT2D eigenvalue weighted by Gasteiger charge is -2.54. The normalized spacial score (nSPS) is 19.8. The molecule has 0 bridgehead atoms. The van der Waals surface area contributed by atoms with E-state index >= 15 is 0 Å². The minimum absolute atomic E-state index is 0.262. The third-order valence-electron chi connectivity index (χ3n) is 11.6. The third-order valence-corrected chi connectivity index (χ3v) is 16.5. The van der Waals surface area contributed by atoms with Crippen molar-refractivity contribution in [1.29, 1.82) is 0 Å². The van der Waals surface area contributed by atoms with Gasteiger partial charge in [-0.25, -0.2) is 0 Å². The quantitative estimate of drug-likeness (QED) is 0.146. The highest BCUT2D eigenvalue weighted by Gasteiger charge is 2.57. The van der Waals surface area contributed by atoms with Crippen LogP contribution in [-0.2, 0) is 12.8 Å². The van der Waals surface area contributed by atoms with Gasteiger partial charge >= 0.3 is 0 Å². The minimum Gasteiger partial charge on any atom is -0.497 e. The summed E-state index contributed by atoms with van der Waals surface area (Å²) in [6.45, 7) is 4.32. The van der Waals surface area contributed by atoms with Gasteiger partial charge in [-0.2, -0.15) is 0 Å². The molecule has 0 unspecified atom stereocenters. The molecule has 2 aliphatic heterocycles. The van der Waals surface area contributed by atoms with Crippen LogP contribution in [0, 0.1) is 25.7 Å². The van der Waals surface area contributed by atoms with Crippen LogP contribution in [0.1, 0.15) is 41.5 Å². The lowest BCUT2D eigenvalue weighted by Crippen LogP contribution is -2.62. The molecule has 1 fully saturated rings. The molecule has 1 aliphatic carbocycles. The number of benzene rings is 6. The first-order chi connectivity index (χ1) is 26.4. The Morgan fingerprint density at radius 1 is 0.500 bits per heavy atom. The summed E-state index contributed by atoms with van der Waals surface area (Å²) in [6, 6.07) is 49.0. The van der Waals surface area contributed by atoms with Gasteiger partial charge in [0.25, 0.3) is 5.79 Å². The smallest absolute Gasteiger partial charge is 0.257 e. The highest BCUT2D eigenvalue weighted by molar-refractivity contribution is 7.80. The Bertz CT molecular complexity index is 2170. The molecular formula is C48H46O4P2. The molecule has 0 saturated heterocycles. The molecule has 6 aromatic carbocycles. The summed E-state index contributed by atoms with van der Waals surface area (Å²) in [4.78, 5) is 0. The van der Waals surface area contributed by atoms with Crippen molar-refractivity contribution in [1.82, 2.24) is 0 Å². The Labute approximate surface area is 322 Å². The number of para-hydroxylation sites is 2. The van der Waals surface area contributed by atoms with E-state index in [0.29, 0.717) is 0 Å². The number of methoxy groups -OCH3 is 2. The van der Waals surface area contributed by atoms with E-state index in [-0.39, 0.29) is 11.8 Å². The number of rotatable bonds is 8. The molecule has 3 atom stereocenters. The lowest BCUT2D eigenvalue weighted by molar-refractivity contribution is -0.225. The summed E-state index contributed by atoms with van der Waals surface area (Å²) in [6.07, 6.45) is 5.27. The maximum Gasteiger partial charge on any atom is 0.257 e. The van der Waals surface area contributed by atoms with Crippen molar-refractivity contribution in [2.75, 3.05) is 14.2 Å². The van der Waals surface area contributed by atoms with Crippen LogP contribution in [0.5, 0.6) is 23.0 Å². The van der Waals surface area contributed by atoms with E-state index < -0.39 is 21.6 Å². The van der Waals surface area contributed by atoms with E-state index in [2.05, 4.69) is 147 Å². The fourth-order valence-corrected chi connectivity index (χ4v) is 13.5. The molecule has 0 aromatic heterocycles. The first-order valence-corrected chi connectivity index (χ1v) is 21.8. The zero-order chi connectivity index (χ0) is 36.8. The molecular weight excluding hydrogens is 702 g/mol. The van der Waals surface area contributed by atoms with Crippen molar-refractivity contribution < 1.29 is 18.9 Å². The van der Waals surface area contributed by atoms with E-state index in [4.69, 9.17) is 18.9 Å². The predicted molar refractivity (Wildman–Crippen MR) is 225 cm³/mol. The van der Waals surface area contributed by atoms with Crippen molar-refractivity contribution in [2.24, 2.45) is 11.8 Å². The summed E-state index contributed by atoms with van der Waals surface area (Å²) in [5.41, 5.74) is 5.12. The number of hydrogen-bond donors (Lipinski definition) is 0. The van der Waals surface area contributed by atoms with Gasteiger partial charge in [0.1, 0.15) is 23.0 Å². The Hall–Kier alpha value is -4.62. The van der Waals surface area contributed by atoms with Crippen molar-refractivity contribution in [3.63, 3.8) is 0 Å². The van der Waals surface area contributed by atoms with Gasteiger partial charge < -0.3 is 18.9 Å². The largest absolute Gasteiger partial charge is 0.497 e. The van der Waals surface area contributed by atoms with E-state index in [1.54, 1.807) is 14.2 Å². The Balaban J connectivity index is 1.18. The fraction of sp³-hybridized carbons (Fsp3) is 0.250. The second-order valence-corrected chi connectivity index (χ2v) is 19.3. The third kappa shape index (κ3) is 6.28. The average molecular weight is 749 g/mol. The molecule has 54 heavy (non-hydrogen) atoms. The van der Waals surface area contributed by atoms with Gasteiger partial charge in [-0.1, -0.05) is 127 Å². The molecule has 1 spiro atoms. The molecule has 272 valence electrons. The van der Waals surface area contributed by atoms with Crippen molar-refractivity contribution >= 4 is 47.7 Å². The van der Waals surface area contributed by atoms with E-state index in [1.807, 2.05) is 0 Å². The van der Waals surface area contributed by atoms with Crippen molar-refractivity contribution in [2.45, 2.75) is 51.7 Å². The van der Waals surface area contributed by atoms with Gasteiger partial charge in [0, 0.05) is 22.4 Å². The number of hydrogen-bond acceptors (Lipinski definition) is 4. The van der Waals surface area contributed by atoms with Gasteiger partial charge in [-0.15, -0.1) is 0 Å². The highest BCUT2D eigenvalue weighted by Crippen LogP contribution is 2.55. The van der Waals surface area contributed by atoms with Gasteiger partial charge in [0.05, 0.1) is 14.2 Å². The molecule has 2 heterocycles. The summed E-state index contributed by atoms with van der Waals surface area (Å²) in [7, 11) is 1.59. The highest BCUT2D eigenvalue weighted by atomic mass is 31.1. The molecule has 0 N–H and O–H groups in total. The minimum atomic E-state index is -0.972. The van der Waals surface area contributed by atoms with Gasteiger partial charge in [0.15, 0.2) is 0 Å². The Morgan fingerprint density at radius 3 is 1.24 bits per heavy atom. The van der Waals surface area contributed by atoms with Crippen molar-refractivity contribution in [3.8, 4) is 23.0 Å². The van der Waals surface area contributed by atoms with Gasteiger partial charge in [0.2, 0.25) is 0 Å². The van der Waals surface area contributed by atoms with E-state index in [0.717, 1.165) is 48.7 Å².